The molecule has 122 valence electrons. The first-order valence-electron chi connectivity index (χ1n) is 7.83. The molecule has 0 aliphatic carbocycles. The third-order valence-corrected chi connectivity index (χ3v) is 3.36. The topological polar surface area (TPSA) is 41.6 Å². The van der Waals surface area contributed by atoms with Crippen LogP contribution in [0.3, 0.4) is 0 Å². The van der Waals surface area contributed by atoms with Gasteiger partial charge in [-0.15, -0.1) is 0 Å². The molecule has 2 rings (SSSR count). The van der Waals surface area contributed by atoms with E-state index in [1.165, 1.54) is 0 Å². The molecule has 0 saturated carbocycles. The molecule has 0 spiro atoms. The molecule has 1 N–H and O–H groups in total. The minimum absolute atomic E-state index is 0.0522. The van der Waals surface area contributed by atoms with E-state index in [9.17, 15) is 4.79 Å². The van der Waals surface area contributed by atoms with Crippen molar-refractivity contribution in [1.82, 2.24) is 4.90 Å². The number of hydrogen-bond acceptors (Lipinski definition) is 3. The maximum absolute atomic E-state index is 12.2. The number of rotatable bonds is 7. The molecular weight excluding hydrogens is 288 g/mol. The van der Waals surface area contributed by atoms with E-state index in [4.69, 9.17) is 4.74 Å². The third-order valence-electron chi connectivity index (χ3n) is 3.36. The average Bonchev–Trinajstić information content (AvgIpc) is 2.54. The Morgan fingerprint density at radius 2 is 1.74 bits per heavy atom. The van der Waals surface area contributed by atoms with E-state index in [-0.39, 0.29) is 18.6 Å². The van der Waals surface area contributed by atoms with Crippen LogP contribution in [0, 0.1) is 0 Å². The fourth-order valence-electron chi connectivity index (χ4n) is 2.18. The Balaban J connectivity index is 1.81. The molecule has 0 bridgehead atoms. The van der Waals surface area contributed by atoms with Gasteiger partial charge in [0.25, 0.3) is 0 Å². The molecular formula is C19H24N2O2. The van der Waals surface area contributed by atoms with Crippen LogP contribution in [0.4, 0.5) is 5.69 Å². The summed E-state index contributed by atoms with van der Waals surface area (Å²) in [5, 5.41) is 3.14. The van der Waals surface area contributed by atoms with Crippen LogP contribution in [0.5, 0.6) is 5.75 Å². The van der Waals surface area contributed by atoms with E-state index in [0.29, 0.717) is 6.54 Å². The highest BCUT2D eigenvalue weighted by Gasteiger charge is 2.09. The summed E-state index contributed by atoms with van der Waals surface area (Å²) in [6.45, 7) is 4.87. The second-order valence-electron chi connectivity index (χ2n) is 5.78. The third kappa shape index (κ3) is 5.66. The summed E-state index contributed by atoms with van der Waals surface area (Å²) in [4.78, 5) is 13.9. The Bertz CT molecular complexity index is 609. The summed E-state index contributed by atoms with van der Waals surface area (Å²) in [5.41, 5.74) is 2.03. The van der Waals surface area contributed by atoms with Crippen molar-refractivity contribution in [2.75, 3.05) is 18.9 Å². The monoisotopic (exact) mass is 312 g/mol. The van der Waals surface area contributed by atoms with Crippen molar-refractivity contribution in [3.05, 3.63) is 60.2 Å². The van der Waals surface area contributed by atoms with Gasteiger partial charge in [0.2, 0.25) is 5.91 Å². The number of ether oxygens (including phenoxy) is 1. The first-order chi connectivity index (χ1) is 11.0. The Kier molecular flexibility index (Phi) is 6.03. The van der Waals surface area contributed by atoms with Crippen LogP contribution in [0.1, 0.15) is 19.4 Å². The summed E-state index contributed by atoms with van der Waals surface area (Å²) in [6, 6.07) is 17.6. The van der Waals surface area contributed by atoms with E-state index in [2.05, 4.69) is 5.32 Å². The van der Waals surface area contributed by atoms with Crippen molar-refractivity contribution in [3.8, 4) is 5.75 Å². The molecule has 0 aliphatic rings. The number of carbonyl (C=O) groups excluding carboxylic acids is 1. The van der Waals surface area contributed by atoms with Gasteiger partial charge in [-0.3, -0.25) is 4.79 Å². The Morgan fingerprint density at radius 1 is 1.09 bits per heavy atom. The van der Waals surface area contributed by atoms with Gasteiger partial charge >= 0.3 is 0 Å². The molecule has 2 aromatic rings. The minimum Gasteiger partial charge on any atom is -0.491 e. The largest absolute Gasteiger partial charge is 0.491 e. The first-order valence-corrected chi connectivity index (χ1v) is 7.83. The van der Waals surface area contributed by atoms with Gasteiger partial charge in [-0.2, -0.15) is 0 Å². The van der Waals surface area contributed by atoms with Gasteiger partial charge in [-0.1, -0.05) is 30.3 Å². The van der Waals surface area contributed by atoms with E-state index >= 15 is 0 Å². The fraction of sp³-hybridized carbons (Fsp3) is 0.316. The van der Waals surface area contributed by atoms with Gasteiger partial charge in [0.1, 0.15) is 5.75 Å². The maximum atomic E-state index is 12.2. The van der Waals surface area contributed by atoms with Crippen LogP contribution < -0.4 is 10.1 Å². The second-order valence-corrected chi connectivity index (χ2v) is 5.78. The number of carbonyl (C=O) groups is 1. The molecule has 23 heavy (non-hydrogen) atoms. The molecule has 0 aliphatic heterocycles. The molecule has 2 aromatic carbocycles. The molecule has 0 heterocycles. The van der Waals surface area contributed by atoms with E-state index in [1.54, 1.807) is 4.90 Å². The number of benzene rings is 2. The second kappa shape index (κ2) is 8.22. The lowest BCUT2D eigenvalue weighted by Crippen LogP contribution is -2.31. The van der Waals surface area contributed by atoms with Crippen LogP contribution in [-0.4, -0.2) is 30.5 Å². The molecule has 0 aromatic heterocycles. The quantitative estimate of drug-likeness (QED) is 0.850. The summed E-state index contributed by atoms with van der Waals surface area (Å²) in [6.07, 6.45) is 0.155. The summed E-state index contributed by atoms with van der Waals surface area (Å²) >= 11 is 0. The summed E-state index contributed by atoms with van der Waals surface area (Å²) < 4.78 is 5.60. The number of likely N-dealkylation sites (N-methyl/N-ethyl adjacent to an activating group) is 1. The lowest BCUT2D eigenvalue weighted by atomic mass is 10.2. The Labute approximate surface area is 138 Å². The van der Waals surface area contributed by atoms with E-state index in [0.717, 1.165) is 17.0 Å². The smallest absolute Gasteiger partial charge is 0.241 e. The zero-order valence-corrected chi connectivity index (χ0v) is 14.0. The van der Waals surface area contributed by atoms with E-state index in [1.807, 2.05) is 75.5 Å². The van der Waals surface area contributed by atoms with Crippen LogP contribution in [-0.2, 0) is 11.3 Å². The van der Waals surface area contributed by atoms with Crippen LogP contribution in [0.15, 0.2) is 54.6 Å². The highest BCUT2D eigenvalue weighted by molar-refractivity contribution is 5.80. The van der Waals surface area contributed by atoms with Crippen LogP contribution >= 0.6 is 0 Å². The average molecular weight is 312 g/mol. The zero-order valence-electron chi connectivity index (χ0n) is 14.0. The molecule has 4 heteroatoms. The van der Waals surface area contributed by atoms with Gasteiger partial charge in [0.05, 0.1) is 12.6 Å². The predicted octanol–water partition coefficient (Wildman–Crippen LogP) is 3.54. The Hall–Kier alpha value is -2.49. The van der Waals surface area contributed by atoms with Crippen molar-refractivity contribution in [1.29, 1.82) is 0 Å². The highest BCUT2D eigenvalue weighted by Crippen LogP contribution is 2.16. The van der Waals surface area contributed by atoms with Crippen molar-refractivity contribution < 1.29 is 9.53 Å². The summed E-state index contributed by atoms with van der Waals surface area (Å²) in [5.74, 6) is 0.884. The van der Waals surface area contributed by atoms with Crippen LogP contribution in [0.25, 0.3) is 0 Å². The molecule has 0 fully saturated rings. The predicted molar refractivity (Wildman–Crippen MR) is 93.6 cm³/mol. The zero-order chi connectivity index (χ0) is 16.7. The number of anilines is 1. The minimum atomic E-state index is 0.0522. The van der Waals surface area contributed by atoms with Gasteiger partial charge in [0, 0.05) is 19.3 Å². The normalized spacial score (nSPS) is 10.4. The van der Waals surface area contributed by atoms with Crippen molar-refractivity contribution in [2.45, 2.75) is 26.5 Å². The standard InChI is InChI=1S/C19H24N2O2/c1-15(2)23-18-11-9-17(10-12-18)20-13-19(22)21(3)14-16-7-5-4-6-8-16/h4-12,15,20H,13-14H2,1-3H3. The number of nitrogens with zero attached hydrogens (tertiary/aromatic N) is 1. The van der Waals surface area contributed by atoms with E-state index < -0.39 is 0 Å². The maximum Gasteiger partial charge on any atom is 0.241 e. The fourth-order valence-corrected chi connectivity index (χ4v) is 2.18. The van der Waals surface area contributed by atoms with Gasteiger partial charge in [-0.25, -0.2) is 0 Å². The molecule has 0 unspecified atom stereocenters. The molecule has 0 radical (unpaired) electrons. The first kappa shape index (κ1) is 16.9. The van der Waals surface area contributed by atoms with Gasteiger partial charge < -0.3 is 15.0 Å². The van der Waals surface area contributed by atoms with Gasteiger partial charge in [0.15, 0.2) is 0 Å². The number of nitrogens with one attached hydrogen (secondary N) is 1. The highest BCUT2D eigenvalue weighted by atomic mass is 16.5. The molecule has 4 nitrogen and oxygen atoms in total. The molecule has 1 amide bonds. The van der Waals surface area contributed by atoms with Crippen LogP contribution in [0.2, 0.25) is 0 Å². The van der Waals surface area contributed by atoms with Crippen molar-refractivity contribution in [2.24, 2.45) is 0 Å². The summed E-state index contributed by atoms with van der Waals surface area (Å²) in [7, 11) is 1.82. The molecule has 0 saturated heterocycles. The van der Waals surface area contributed by atoms with Crippen molar-refractivity contribution >= 4 is 11.6 Å². The SMILES string of the molecule is CC(C)Oc1ccc(NCC(=O)N(C)Cc2ccccc2)cc1. The number of amides is 1. The lowest BCUT2D eigenvalue weighted by molar-refractivity contribution is -0.128. The van der Waals surface area contributed by atoms with Gasteiger partial charge in [-0.05, 0) is 43.7 Å². The lowest BCUT2D eigenvalue weighted by Gasteiger charge is -2.18. The van der Waals surface area contributed by atoms with Crippen molar-refractivity contribution in [3.63, 3.8) is 0 Å². The molecule has 0 atom stereocenters. The number of hydrogen-bond donors (Lipinski definition) is 1. The Morgan fingerprint density at radius 3 is 2.35 bits per heavy atom.